The summed E-state index contributed by atoms with van der Waals surface area (Å²) in [6.45, 7) is 0. The molecule has 9 heteroatoms. The summed E-state index contributed by atoms with van der Waals surface area (Å²) >= 11 is 5.33. The molecule has 0 aliphatic carbocycles. The lowest BCUT2D eigenvalue weighted by atomic mass is 10.2. The van der Waals surface area contributed by atoms with Gasteiger partial charge in [0.15, 0.2) is 12.0 Å². The summed E-state index contributed by atoms with van der Waals surface area (Å²) in [5.74, 6) is -1.70. The molecule has 3 nitrogen and oxygen atoms in total. The molecule has 18 heavy (non-hydrogen) atoms. The van der Waals surface area contributed by atoms with E-state index in [9.17, 15) is 26.7 Å². The molecule has 100 valence electrons. The van der Waals surface area contributed by atoms with Crippen molar-refractivity contribution in [2.45, 2.75) is 18.7 Å². The number of hydrogen-bond donors (Lipinski definition) is 0. The Balaban J connectivity index is 3.39. The van der Waals surface area contributed by atoms with Gasteiger partial charge in [-0.15, -0.1) is 24.8 Å². The van der Waals surface area contributed by atoms with Crippen molar-refractivity contribution in [2.75, 3.05) is 0 Å². The molecule has 1 rings (SSSR count). The Labute approximate surface area is 103 Å². The number of alkyl halides is 6. The van der Waals surface area contributed by atoms with Gasteiger partial charge in [0.05, 0.1) is 5.88 Å². The van der Waals surface area contributed by atoms with Crippen LogP contribution in [0.5, 0.6) is 5.75 Å². The summed E-state index contributed by atoms with van der Waals surface area (Å²) in [7, 11) is 0. The molecule has 0 unspecified atom stereocenters. The fraction of sp³-hybridized carbons (Fsp3) is 0.333. The minimum atomic E-state index is -5.16. The fourth-order valence-corrected chi connectivity index (χ4v) is 1.37. The van der Waals surface area contributed by atoms with Crippen LogP contribution in [0.2, 0.25) is 0 Å². The van der Waals surface area contributed by atoms with Gasteiger partial charge in [0, 0.05) is 5.56 Å². The van der Waals surface area contributed by atoms with Gasteiger partial charge in [0.25, 0.3) is 6.43 Å². The summed E-state index contributed by atoms with van der Waals surface area (Å²) in [6.07, 6.45) is -8.36. The van der Waals surface area contributed by atoms with E-state index in [0.29, 0.717) is 0 Å². The molecular formula is C9H5ClF5NO2. The first kappa shape index (κ1) is 14.6. The van der Waals surface area contributed by atoms with Crippen LogP contribution in [0.1, 0.15) is 28.2 Å². The fourth-order valence-electron chi connectivity index (χ4n) is 1.17. The smallest absolute Gasteiger partial charge is 0.403 e. The van der Waals surface area contributed by atoms with Crippen LogP contribution in [0.4, 0.5) is 22.0 Å². The number of halogens is 6. The van der Waals surface area contributed by atoms with Gasteiger partial charge >= 0.3 is 6.36 Å². The average molecular weight is 290 g/mol. The van der Waals surface area contributed by atoms with Crippen molar-refractivity contribution in [2.24, 2.45) is 0 Å². The molecule has 0 radical (unpaired) electrons. The number of rotatable bonds is 4. The van der Waals surface area contributed by atoms with E-state index in [0.717, 1.165) is 6.07 Å². The molecule has 1 aromatic heterocycles. The Hall–Kier alpha value is -1.44. The molecule has 0 fully saturated rings. The monoisotopic (exact) mass is 289 g/mol. The van der Waals surface area contributed by atoms with Crippen molar-refractivity contribution in [3.8, 4) is 5.75 Å². The molecule has 0 bridgehead atoms. The van der Waals surface area contributed by atoms with Crippen LogP contribution >= 0.6 is 11.6 Å². The molecule has 0 aromatic carbocycles. The van der Waals surface area contributed by atoms with E-state index in [1.54, 1.807) is 0 Å². The molecule has 0 aliphatic rings. The lowest BCUT2D eigenvalue weighted by molar-refractivity contribution is -0.275. The minimum Gasteiger partial charge on any atom is -0.403 e. The maximum atomic E-state index is 12.6. The van der Waals surface area contributed by atoms with Gasteiger partial charge in [0.2, 0.25) is 0 Å². The van der Waals surface area contributed by atoms with Gasteiger partial charge in [-0.2, -0.15) is 0 Å². The number of aldehydes is 1. The van der Waals surface area contributed by atoms with Crippen molar-refractivity contribution in [3.63, 3.8) is 0 Å². The highest BCUT2D eigenvalue weighted by atomic mass is 35.5. The van der Waals surface area contributed by atoms with Gasteiger partial charge in [-0.05, 0) is 6.07 Å². The van der Waals surface area contributed by atoms with E-state index < -0.39 is 35.8 Å². The number of nitrogens with zero attached hydrogens (tertiary/aromatic N) is 1. The first-order chi connectivity index (χ1) is 8.28. The highest BCUT2D eigenvalue weighted by molar-refractivity contribution is 6.17. The average Bonchev–Trinajstić information content (AvgIpc) is 2.26. The number of pyridine rings is 1. The van der Waals surface area contributed by atoms with Crippen LogP contribution in [0, 0.1) is 0 Å². The van der Waals surface area contributed by atoms with Crippen LogP contribution in [-0.2, 0) is 5.88 Å². The Morgan fingerprint density at radius 2 is 2.06 bits per heavy atom. The Kier molecular flexibility index (Phi) is 4.44. The van der Waals surface area contributed by atoms with Crippen molar-refractivity contribution >= 4 is 17.9 Å². The topological polar surface area (TPSA) is 39.2 Å². The maximum Gasteiger partial charge on any atom is 0.573 e. The quantitative estimate of drug-likeness (QED) is 0.484. The lowest BCUT2D eigenvalue weighted by Gasteiger charge is -2.15. The summed E-state index contributed by atoms with van der Waals surface area (Å²) in [4.78, 5) is 13.5. The third-order valence-electron chi connectivity index (χ3n) is 1.79. The predicted molar refractivity (Wildman–Crippen MR) is 50.8 cm³/mol. The molecule has 0 amide bonds. The van der Waals surface area contributed by atoms with Crippen LogP contribution in [0.25, 0.3) is 0 Å². The molecule has 0 saturated heterocycles. The van der Waals surface area contributed by atoms with Gasteiger partial charge in [0.1, 0.15) is 11.4 Å². The van der Waals surface area contributed by atoms with Gasteiger partial charge in [-0.3, -0.25) is 4.79 Å². The second-order valence-electron chi connectivity index (χ2n) is 3.02. The van der Waals surface area contributed by atoms with E-state index in [2.05, 4.69) is 9.72 Å². The van der Waals surface area contributed by atoms with E-state index in [4.69, 9.17) is 11.6 Å². The predicted octanol–water partition coefficient (Wildman–Crippen LogP) is 3.47. The van der Waals surface area contributed by atoms with Crippen molar-refractivity contribution in [3.05, 3.63) is 23.0 Å². The minimum absolute atomic E-state index is 0.124. The first-order valence-corrected chi connectivity index (χ1v) is 4.90. The summed E-state index contributed by atoms with van der Waals surface area (Å²) in [5, 5.41) is 0. The molecule has 0 spiro atoms. The normalized spacial score (nSPS) is 11.7. The van der Waals surface area contributed by atoms with Crippen molar-refractivity contribution in [1.29, 1.82) is 0 Å². The molecule has 0 atom stereocenters. The molecule has 1 aromatic rings. The second-order valence-corrected chi connectivity index (χ2v) is 3.29. The van der Waals surface area contributed by atoms with Crippen LogP contribution in [0.3, 0.4) is 0 Å². The van der Waals surface area contributed by atoms with Crippen molar-refractivity contribution < 1.29 is 31.5 Å². The van der Waals surface area contributed by atoms with Gasteiger partial charge in [-0.1, -0.05) is 0 Å². The maximum absolute atomic E-state index is 12.6. The van der Waals surface area contributed by atoms with Crippen LogP contribution in [0.15, 0.2) is 6.07 Å². The van der Waals surface area contributed by atoms with Crippen LogP contribution in [-0.4, -0.2) is 17.6 Å². The van der Waals surface area contributed by atoms with Gasteiger partial charge in [-0.25, -0.2) is 13.8 Å². The van der Waals surface area contributed by atoms with E-state index in [-0.39, 0.29) is 11.8 Å². The molecule has 0 aliphatic heterocycles. The summed E-state index contributed by atoms with van der Waals surface area (Å²) < 4.78 is 64.8. The van der Waals surface area contributed by atoms with Crippen LogP contribution < -0.4 is 4.74 Å². The van der Waals surface area contributed by atoms with Gasteiger partial charge < -0.3 is 4.74 Å². The number of ether oxygens (including phenoxy) is 1. The molecular weight excluding hydrogens is 285 g/mol. The standard InChI is InChI=1S/C9H5ClF5NO2/c10-2-4-1-5(3-17)16-6(8(11)12)7(4)18-9(13,14)15/h1,3,8H,2H2. The Morgan fingerprint density at radius 3 is 2.44 bits per heavy atom. The molecule has 0 N–H and O–H groups in total. The Bertz CT molecular complexity index is 449. The van der Waals surface area contributed by atoms with E-state index in [1.165, 1.54) is 0 Å². The van der Waals surface area contributed by atoms with E-state index >= 15 is 0 Å². The van der Waals surface area contributed by atoms with Crippen molar-refractivity contribution in [1.82, 2.24) is 4.98 Å². The zero-order valence-electron chi connectivity index (χ0n) is 8.47. The second kappa shape index (κ2) is 5.47. The third-order valence-corrected chi connectivity index (χ3v) is 2.07. The largest absolute Gasteiger partial charge is 0.573 e. The Morgan fingerprint density at radius 1 is 1.44 bits per heavy atom. The molecule has 1 heterocycles. The van der Waals surface area contributed by atoms with E-state index in [1.807, 2.05) is 0 Å². The summed E-state index contributed by atoms with van der Waals surface area (Å²) in [6, 6.07) is 0.854. The number of carbonyl (C=O) groups excluding carboxylic acids is 1. The third kappa shape index (κ3) is 3.52. The summed E-state index contributed by atoms with van der Waals surface area (Å²) in [5.41, 5.74) is -2.11. The zero-order valence-corrected chi connectivity index (χ0v) is 9.23. The lowest BCUT2D eigenvalue weighted by Crippen LogP contribution is -2.20. The SMILES string of the molecule is O=Cc1cc(CCl)c(OC(F)(F)F)c(C(F)F)n1. The number of aromatic nitrogens is 1. The zero-order chi connectivity index (χ0) is 13.9. The number of hydrogen-bond acceptors (Lipinski definition) is 3. The highest BCUT2D eigenvalue weighted by Crippen LogP contribution is 2.35. The highest BCUT2D eigenvalue weighted by Gasteiger charge is 2.35. The molecule has 0 saturated carbocycles. The first-order valence-electron chi connectivity index (χ1n) is 4.37. The number of carbonyl (C=O) groups is 1.